The van der Waals surface area contributed by atoms with E-state index in [1.54, 1.807) is 12.1 Å². The van der Waals surface area contributed by atoms with E-state index in [-0.39, 0.29) is 31.1 Å². The predicted octanol–water partition coefficient (Wildman–Crippen LogP) is 6.79. The summed E-state index contributed by atoms with van der Waals surface area (Å²) in [5.41, 5.74) is 1.31. The molecule has 7 heteroatoms. The Morgan fingerprint density at radius 2 is 1.68 bits per heavy atom. The van der Waals surface area contributed by atoms with Crippen molar-refractivity contribution >= 4 is 10.8 Å². The number of nitriles is 1. The van der Waals surface area contributed by atoms with Gasteiger partial charge in [-0.3, -0.25) is 0 Å². The van der Waals surface area contributed by atoms with Gasteiger partial charge < -0.3 is 14.2 Å². The molecule has 0 amide bonds. The summed E-state index contributed by atoms with van der Waals surface area (Å²) in [5, 5.41) is 10.1. The van der Waals surface area contributed by atoms with Gasteiger partial charge >= 0.3 is 0 Å². The molecule has 3 aromatic rings. The van der Waals surface area contributed by atoms with Crippen molar-refractivity contribution in [3.8, 4) is 6.07 Å². The lowest BCUT2D eigenvalue weighted by Gasteiger charge is -2.29. The van der Waals surface area contributed by atoms with Crippen molar-refractivity contribution in [3.63, 3.8) is 0 Å². The molecule has 1 fully saturated rings. The summed E-state index contributed by atoms with van der Waals surface area (Å²) in [6, 6.07) is 13.0. The first-order valence-electron chi connectivity index (χ1n) is 12.9. The number of benzene rings is 3. The van der Waals surface area contributed by atoms with Gasteiger partial charge in [-0.15, -0.1) is 0 Å². The molecule has 0 bridgehead atoms. The zero-order valence-corrected chi connectivity index (χ0v) is 21.1. The Labute approximate surface area is 216 Å². The zero-order valence-electron chi connectivity index (χ0n) is 21.1. The molecule has 196 valence electrons. The van der Waals surface area contributed by atoms with E-state index in [2.05, 4.69) is 6.92 Å². The van der Waals surface area contributed by atoms with Crippen LogP contribution in [0.4, 0.5) is 13.2 Å². The van der Waals surface area contributed by atoms with E-state index in [1.165, 1.54) is 6.07 Å². The highest BCUT2D eigenvalue weighted by Crippen LogP contribution is 2.25. The maximum absolute atomic E-state index is 15.2. The van der Waals surface area contributed by atoms with E-state index in [9.17, 15) is 8.78 Å². The first kappa shape index (κ1) is 27.1. The maximum atomic E-state index is 15.2. The molecule has 1 saturated heterocycles. The van der Waals surface area contributed by atoms with Crippen LogP contribution in [0.1, 0.15) is 54.9 Å². The fraction of sp³-hybridized carbons (Fsp3) is 0.433. The smallest absolute Gasteiger partial charge is 0.158 e. The van der Waals surface area contributed by atoms with Crippen LogP contribution in [0, 0.1) is 28.8 Å². The lowest BCUT2D eigenvalue weighted by molar-refractivity contribution is -0.227. The number of aryl methyl sites for hydroxylation is 3. The Kier molecular flexibility index (Phi) is 9.56. The van der Waals surface area contributed by atoms with Crippen LogP contribution < -0.4 is 0 Å². The normalized spacial score (nSPS) is 17.7. The van der Waals surface area contributed by atoms with Crippen molar-refractivity contribution in [2.75, 3.05) is 19.8 Å². The lowest BCUT2D eigenvalue weighted by Crippen LogP contribution is -2.37. The standard InChI is InChI=1S/C30H32F3NO3/c1-2-3-4-13-35-24-18-36-29(37-19-24)12-7-20-6-11-25-23(14-20)10-9-22(30(25)33)8-5-21-15-27(31)26(17-34)28(32)16-21/h6,9-11,14-16,24,29H,2-5,7-8,12-13,18-19H2,1H3. The van der Waals surface area contributed by atoms with Gasteiger partial charge in [0.2, 0.25) is 0 Å². The summed E-state index contributed by atoms with van der Waals surface area (Å²) in [6.07, 6.45) is 5.07. The SMILES string of the molecule is CCCCCOC1COC(CCc2ccc3c(F)c(CCc4cc(F)c(C#N)c(F)c4)ccc3c2)OC1. The quantitative estimate of drug-likeness (QED) is 0.266. The van der Waals surface area contributed by atoms with E-state index in [1.807, 2.05) is 18.2 Å². The van der Waals surface area contributed by atoms with Crippen LogP contribution in [-0.2, 0) is 33.5 Å². The fourth-order valence-corrected chi connectivity index (χ4v) is 4.57. The van der Waals surface area contributed by atoms with Crippen molar-refractivity contribution in [2.45, 2.75) is 64.3 Å². The largest absolute Gasteiger partial charge is 0.373 e. The predicted molar refractivity (Wildman–Crippen MR) is 136 cm³/mol. The molecular weight excluding hydrogens is 479 g/mol. The molecule has 1 aliphatic rings. The summed E-state index contributed by atoms with van der Waals surface area (Å²) >= 11 is 0. The van der Waals surface area contributed by atoms with Gasteiger partial charge in [-0.25, -0.2) is 13.2 Å². The Hall–Kier alpha value is -2.92. The Morgan fingerprint density at radius 1 is 0.919 bits per heavy atom. The molecule has 0 N–H and O–H groups in total. The van der Waals surface area contributed by atoms with Gasteiger partial charge in [0.1, 0.15) is 35.2 Å². The van der Waals surface area contributed by atoms with Gasteiger partial charge in [-0.05, 0) is 59.9 Å². The molecule has 0 radical (unpaired) electrons. The lowest BCUT2D eigenvalue weighted by atomic mass is 9.97. The summed E-state index contributed by atoms with van der Waals surface area (Å²) in [6.45, 7) is 3.96. The minimum atomic E-state index is -0.899. The molecule has 0 atom stereocenters. The third kappa shape index (κ3) is 7.10. The maximum Gasteiger partial charge on any atom is 0.158 e. The van der Waals surface area contributed by atoms with Crippen LogP contribution in [0.2, 0.25) is 0 Å². The third-order valence-electron chi connectivity index (χ3n) is 6.70. The zero-order chi connectivity index (χ0) is 26.2. The number of halogens is 3. The second-order valence-electron chi connectivity index (χ2n) is 9.48. The van der Waals surface area contributed by atoms with Crippen molar-refractivity contribution in [3.05, 3.63) is 82.2 Å². The Bertz CT molecular complexity index is 1230. The van der Waals surface area contributed by atoms with Gasteiger partial charge in [-0.1, -0.05) is 50.1 Å². The molecule has 4 nitrogen and oxygen atoms in total. The molecule has 1 heterocycles. The Balaban J connectivity index is 1.30. The first-order valence-corrected chi connectivity index (χ1v) is 12.9. The van der Waals surface area contributed by atoms with Crippen molar-refractivity contribution in [2.24, 2.45) is 0 Å². The highest BCUT2D eigenvalue weighted by atomic mass is 19.1. The number of hydrogen-bond donors (Lipinski definition) is 0. The van der Waals surface area contributed by atoms with Gasteiger partial charge in [0.15, 0.2) is 6.29 Å². The second kappa shape index (κ2) is 13.0. The molecule has 0 spiro atoms. The van der Waals surface area contributed by atoms with Crippen molar-refractivity contribution in [1.29, 1.82) is 5.26 Å². The van der Waals surface area contributed by atoms with Crippen molar-refractivity contribution < 1.29 is 27.4 Å². The number of hydrogen-bond acceptors (Lipinski definition) is 4. The van der Waals surface area contributed by atoms with Gasteiger partial charge in [0.05, 0.1) is 13.2 Å². The summed E-state index contributed by atoms with van der Waals surface area (Å²) in [5.74, 6) is -2.13. The van der Waals surface area contributed by atoms with Crippen LogP contribution in [0.3, 0.4) is 0 Å². The molecule has 1 aliphatic heterocycles. The number of ether oxygens (including phenoxy) is 3. The highest BCUT2D eigenvalue weighted by Gasteiger charge is 2.22. The number of fused-ring (bicyclic) bond motifs is 1. The van der Waals surface area contributed by atoms with Gasteiger partial charge in [0.25, 0.3) is 0 Å². The van der Waals surface area contributed by atoms with Crippen LogP contribution in [-0.4, -0.2) is 32.2 Å². The Morgan fingerprint density at radius 3 is 2.38 bits per heavy atom. The molecule has 0 saturated carbocycles. The molecule has 0 aromatic heterocycles. The number of unbranched alkanes of at least 4 members (excludes halogenated alkanes) is 2. The van der Waals surface area contributed by atoms with Gasteiger partial charge in [-0.2, -0.15) is 5.26 Å². The minimum Gasteiger partial charge on any atom is -0.373 e. The first-order chi connectivity index (χ1) is 18.0. The van der Waals surface area contributed by atoms with Crippen LogP contribution in [0.25, 0.3) is 10.8 Å². The average molecular weight is 512 g/mol. The number of rotatable bonds is 11. The topological polar surface area (TPSA) is 51.5 Å². The van der Waals surface area contributed by atoms with Crippen LogP contribution in [0.5, 0.6) is 0 Å². The summed E-state index contributed by atoms with van der Waals surface area (Å²) in [7, 11) is 0. The van der Waals surface area contributed by atoms with Crippen LogP contribution in [0.15, 0.2) is 42.5 Å². The molecule has 3 aromatic carbocycles. The molecule has 0 unspecified atom stereocenters. The van der Waals surface area contributed by atoms with E-state index in [4.69, 9.17) is 19.5 Å². The van der Waals surface area contributed by atoms with Crippen LogP contribution >= 0.6 is 0 Å². The molecule has 4 rings (SSSR count). The van der Waals surface area contributed by atoms with E-state index in [0.717, 1.165) is 55.4 Å². The summed E-state index contributed by atoms with van der Waals surface area (Å²) in [4.78, 5) is 0. The van der Waals surface area contributed by atoms with E-state index >= 15 is 4.39 Å². The molecule has 37 heavy (non-hydrogen) atoms. The summed E-state index contributed by atoms with van der Waals surface area (Å²) < 4.78 is 60.3. The van der Waals surface area contributed by atoms with E-state index < -0.39 is 17.2 Å². The third-order valence-corrected chi connectivity index (χ3v) is 6.70. The van der Waals surface area contributed by atoms with Crippen molar-refractivity contribution in [1.82, 2.24) is 0 Å². The van der Waals surface area contributed by atoms with E-state index in [0.29, 0.717) is 36.1 Å². The number of nitrogens with zero attached hydrogens (tertiary/aromatic N) is 1. The fourth-order valence-electron chi connectivity index (χ4n) is 4.57. The molecule has 0 aliphatic carbocycles. The highest BCUT2D eigenvalue weighted by molar-refractivity contribution is 5.84. The second-order valence-corrected chi connectivity index (χ2v) is 9.48. The molecular formula is C30H32F3NO3. The average Bonchev–Trinajstić information content (AvgIpc) is 2.90. The minimum absolute atomic E-state index is 0.0131. The van der Waals surface area contributed by atoms with Gasteiger partial charge in [0, 0.05) is 18.4 Å². The monoisotopic (exact) mass is 511 g/mol.